The SMILES string of the molecule is C#Cc1ccc(C(C(=O)NC(C)C)N(CCCCCCC)C(=O)C(NC(=O)OC(C)(C)C)C(C)CC)cc1. The summed E-state index contributed by atoms with van der Waals surface area (Å²) in [5.41, 5.74) is 0.660. The Balaban J connectivity index is 3.50. The maximum Gasteiger partial charge on any atom is 0.408 e. The lowest BCUT2D eigenvalue weighted by Crippen LogP contribution is -2.55. The predicted molar refractivity (Wildman–Crippen MR) is 153 cm³/mol. The Bertz CT molecular complexity index is 928. The first-order valence-electron chi connectivity index (χ1n) is 14.0. The normalized spacial score (nSPS) is 13.7. The quantitative estimate of drug-likeness (QED) is 0.230. The number of nitrogens with one attached hydrogen (secondary N) is 2. The first kappa shape index (κ1) is 33.0. The topological polar surface area (TPSA) is 87.7 Å². The fourth-order valence-electron chi connectivity index (χ4n) is 4.15. The van der Waals surface area contributed by atoms with Gasteiger partial charge < -0.3 is 20.3 Å². The fourth-order valence-corrected chi connectivity index (χ4v) is 4.15. The zero-order chi connectivity index (χ0) is 28.9. The highest BCUT2D eigenvalue weighted by Gasteiger charge is 2.38. The van der Waals surface area contributed by atoms with E-state index in [4.69, 9.17) is 11.2 Å². The van der Waals surface area contributed by atoms with Gasteiger partial charge in [-0.15, -0.1) is 6.42 Å². The lowest BCUT2D eigenvalue weighted by Gasteiger charge is -2.36. The fraction of sp³-hybridized carbons (Fsp3) is 0.645. The Morgan fingerprint density at radius 2 is 1.58 bits per heavy atom. The third-order valence-corrected chi connectivity index (χ3v) is 6.32. The second kappa shape index (κ2) is 16.1. The first-order chi connectivity index (χ1) is 17.8. The van der Waals surface area contributed by atoms with E-state index in [-0.39, 0.29) is 23.8 Å². The predicted octanol–water partition coefficient (Wildman–Crippen LogP) is 5.97. The number of nitrogens with zero attached hydrogens (tertiary/aromatic N) is 1. The molecule has 0 radical (unpaired) electrons. The second-order valence-electron chi connectivity index (χ2n) is 11.3. The van der Waals surface area contributed by atoms with Crippen molar-refractivity contribution in [1.82, 2.24) is 15.5 Å². The van der Waals surface area contributed by atoms with Crippen LogP contribution >= 0.6 is 0 Å². The smallest absolute Gasteiger partial charge is 0.408 e. The van der Waals surface area contributed by atoms with Gasteiger partial charge in [0.2, 0.25) is 11.8 Å². The van der Waals surface area contributed by atoms with Gasteiger partial charge in [0.1, 0.15) is 17.7 Å². The van der Waals surface area contributed by atoms with Crippen LogP contribution in [0.1, 0.15) is 111 Å². The molecule has 7 heteroatoms. The van der Waals surface area contributed by atoms with Gasteiger partial charge in [0, 0.05) is 18.2 Å². The minimum absolute atomic E-state index is 0.110. The zero-order valence-electron chi connectivity index (χ0n) is 24.7. The van der Waals surface area contributed by atoms with Gasteiger partial charge in [-0.25, -0.2) is 4.79 Å². The Kier molecular flexibility index (Phi) is 14.0. The Morgan fingerprint density at radius 3 is 2.08 bits per heavy atom. The molecule has 0 aliphatic rings. The molecule has 3 unspecified atom stereocenters. The maximum atomic E-state index is 14.2. The van der Waals surface area contributed by atoms with Crippen LogP contribution in [0.15, 0.2) is 24.3 Å². The van der Waals surface area contributed by atoms with Crippen LogP contribution in [0.4, 0.5) is 4.79 Å². The molecular formula is C31H49N3O4. The monoisotopic (exact) mass is 527 g/mol. The standard InChI is InChI=1S/C31H49N3O4/c1-10-13-14-15-16-21-34(29(36)26(23(6)11-2)33-30(37)38-31(7,8)9)27(28(35)32-22(4)5)25-19-17-24(12-3)18-20-25/h3,17-20,22-23,26-27H,10-11,13-16,21H2,1-2,4-9H3,(H,32,35)(H,33,37). The van der Waals surface area contributed by atoms with Crippen molar-refractivity contribution in [2.75, 3.05) is 6.54 Å². The van der Waals surface area contributed by atoms with Crippen molar-refractivity contribution in [3.63, 3.8) is 0 Å². The number of ether oxygens (including phenoxy) is 1. The Hall–Kier alpha value is -3.01. The minimum Gasteiger partial charge on any atom is -0.444 e. The van der Waals surface area contributed by atoms with Gasteiger partial charge in [0.05, 0.1) is 0 Å². The van der Waals surface area contributed by atoms with Gasteiger partial charge in [-0.2, -0.15) is 0 Å². The third kappa shape index (κ3) is 11.2. The van der Waals surface area contributed by atoms with Crippen molar-refractivity contribution in [2.45, 2.75) is 118 Å². The van der Waals surface area contributed by atoms with Crippen molar-refractivity contribution < 1.29 is 19.1 Å². The number of benzene rings is 1. The molecule has 7 nitrogen and oxygen atoms in total. The Morgan fingerprint density at radius 1 is 0.974 bits per heavy atom. The molecule has 0 bridgehead atoms. The molecule has 0 heterocycles. The molecule has 0 aliphatic carbocycles. The summed E-state index contributed by atoms with van der Waals surface area (Å²) < 4.78 is 5.47. The van der Waals surface area contributed by atoms with E-state index in [1.165, 1.54) is 0 Å². The van der Waals surface area contributed by atoms with Crippen LogP contribution in [0, 0.1) is 18.3 Å². The van der Waals surface area contributed by atoms with Crippen LogP contribution in [0.25, 0.3) is 0 Å². The minimum atomic E-state index is -0.866. The number of carbonyl (C=O) groups excluding carboxylic acids is 3. The molecule has 3 atom stereocenters. The lowest BCUT2D eigenvalue weighted by atomic mass is 9.95. The summed E-state index contributed by atoms with van der Waals surface area (Å²) in [6.45, 7) is 15.5. The number of carbonyl (C=O) groups is 3. The average Bonchev–Trinajstić information content (AvgIpc) is 2.84. The number of unbranched alkanes of at least 4 members (excludes halogenated alkanes) is 4. The summed E-state index contributed by atoms with van der Waals surface area (Å²) in [5.74, 6) is 1.86. The molecule has 0 fully saturated rings. The summed E-state index contributed by atoms with van der Waals surface area (Å²) >= 11 is 0. The molecule has 212 valence electrons. The van der Waals surface area contributed by atoms with Crippen LogP contribution in [-0.4, -0.2) is 47.0 Å². The van der Waals surface area contributed by atoms with Crippen molar-refractivity contribution in [1.29, 1.82) is 0 Å². The highest BCUT2D eigenvalue weighted by atomic mass is 16.6. The van der Waals surface area contributed by atoms with Crippen LogP contribution < -0.4 is 10.6 Å². The molecule has 1 rings (SSSR count). The van der Waals surface area contributed by atoms with Gasteiger partial charge in [-0.05, 0) is 64.7 Å². The van der Waals surface area contributed by atoms with Gasteiger partial charge >= 0.3 is 6.09 Å². The van der Waals surface area contributed by atoms with Crippen molar-refractivity contribution in [3.05, 3.63) is 35.4 Å². The maximum absolute atomic E-state index is 14.2. The highest BCUT2D eigenvalue weighted by Crippen LogP contribution is 2.26. The molecule has 3 amide bonds. The summed E-state index contributed by atoms with van der Waals surface area (Å²) in [7, 11) is 0. The van der Waals surface area contributed by atoms with E-state index in [1.807, 2.05) is 27.7 Å². The molecule has 1 aromatic carbocycles. The molecule has 0 saturated carbocycles. The largest absolute Gasteiger partial charge is 0.444 e. The van der Waals surface area contributed by atoms with Gasteiger partial charge in [0.25, 0.3) is 0 Å². The molecule has 1 aromatic rings. The zero-order valence-corrected chi connectivity index (χ0v) is 24.7. The molecule has 2 N–H and O–H groups in total. The number of alkyl carbamates (subject to hydrolysis) is 1. The van der Waals surface area contributed by atoms with E-state index in [2.05, 4.69) is 23.5 Å². The molecule has 0 spiro atoms. The second-order valence-corrected chi connectivity index (χ2v) is 11.3. The summed E-state index contributed by atoms with van der Waals surface area (Å²) in [5, 5.41) is 5.79. The number of amides is 3. The summed E-state index contributed by atoms with van der Waals surface area (Å²) in [6, 6.07) is 5.34. The van der Waals surface area contributed by atoms with Crippen LogP contribution in [0.2, 0.25) is 0 Å². The van der Waals surface area contributed by atoms with E-state index in [0.717, 1.165) is 32.1 Å². The third-order valence-electron chi connectivity index (χ3n) is 6.32. The Labute approximate surface area is 230 Å². The molecular weight excluding hydrogens is 478 g/mol. The molecule has 0 aromatic heterocycles. The van der Waals surface area contributed by atoms with E-state index >= 15 is 0 Å². The van der Waals surface area contributed by atoms with Gasteiger partial charge in [0.15, 0.2) is 0 Å². The van der Waals surface area contributed by atoms with Crippen LogP contribution in [0.5, 0.6) is 0 Å². The number of hydrogen-bond donors (Lipinski definition) is 2. The molecule has 0 saturated heterocycles. The summed E-state index contributed by atoms with van der Waals surface area (Å²) in [6.07, 6.45) is 10.5. The van der Waals surface area contributed by atoms with Gasteiger partial charge in [-0.3, -0.25) is 9.59 Å². The summed E-state index contributed by atoms with van der Waals surface area (Å²) in [4.78, 5) is 42.2. The van der Waals surface area contributed by atoms with E-state index in [9.17, 15) is 14.4 Å². The van der Waals surface area contributed by atoms with E-state index in [0.29, 0.717) is 24.1 Å². The van der Waals surface area contributed by atoms with Crippen molar-refractivity contribution in [3.8, 4) is 12.3 Å². The van der Waals surface area contributed by atoms with Crippen molar-refractivity contribution >= 4 is 17.9 Å². The number of hydrogen-bond acceptors (Lipinski definition) is 4. The first-order valence-corrected chi connectivity index (χ1v) is 14.0. The average molecular weight is 528 g/mol. The van der Waals surface area contributed by atoms with Crippen LogP contribution in [-0.2, 0) is 14.3 Å². The van der Waals surface area contributed by atoms with E-state index in [1.54, 1.807) is 49.9 Å². The number of terminal acetylenes is 1. The molecule has 38 heavy (non-hydrogen) atoms. The lowest BCUT2D eigenvalue weighted by molar-refractivity contribution is -0.143. The molecule has 0 aliphatic heterocycles. The van der Waals surface area contributed by atoms with Crippen LogP contribution in [0.3, 0.4) is 0 Å². The van der Waals surface area contributed by atoms with E-state index < -0.39 is 23.8 Å². The highest BCUT2D eigenvalue weighted by molar-refractivity contribution is 5.92. The van der Waals surface area contributed by atoms with Crippen molar-refractivity contribution in [2.24, 2.45) is 5.92 Å². The van der Waals surface area contributed by atoms with Gasteiger partial charge in [-0.1, -0.05) is 70.9 Å². The number of rotatable bonds is 14.